The van der Waals surface area contributed by atoms with E-state index in [4.69, 9.17) is 5.84 Å². The van der Waals surface area contributed by atoms with Crippen LogP contribution in [0, 0.1) is 0 Å². The number of rotatable bonds is 4. The Morgan fingerprint density at radius 2 is 1.68 bits per heavy atom. The van der Waals surface area contributed by atoms with Crippen molar-refractivity contribution in [3.63, 3.8) is 0 Å². The van der Waals surface area contributed by atoms with Gasteiger partial charge in [-0.25, -0.2) is 0 Å². The molecule has 0 spiro atoms. The number of hydrazine groups is 1. The quantitative estimate of drug-likeness (QED) is 0.580. The number of carbonyl (C=O) groups is 1. The summed E-state index contributed by atoms with van der Waals surface area (Å²) >= 11 is 0. The van der Waals surface area contributed by atoms with E-state index in [2.05, 4.69) is 10.7 Å². The number of nitrogens with one attached hydrogen (secondary N) is 2. The number of anilines is 1. The van der Waals surface area contributed by atoms with Crippen LogP contribution in [0.25, 0.3) is 0 Å². The topological polar surface area (TPSA) is 67.2 Å². The fraction of sp³-hybridized carbons (Fsp3) is 0.133. The van der Waals surface area contributed by atoms with Gasteiger partial charge in [-0.2, -0.15) is 0 Å². The van der Waals surface area contributed by atoms with Crippen LogP contribution in [0.3, 0.4) is 0 Å². The maximum Gasteiger partial charge on any atom is 0.251 e. The van der Waals surface area contributed by atoms with Crippen molar-refractivity contribution in [3.8, 4) is 0 Å². The third kappa shape index (κ3) is 3.33. The highest BCUT2D eigenvalue weighted by Gasteiger charge is 2.10. The molecule has 0 saturated heterocycles. The van der Waals surface area contributed by atoms with E-state index in [1.807, 2.05) is 37.3 Å². The van der Waals surface area contributed by atoms with E-state index in [1.165, 1.54) is 0 Å². The third-order valence-electron chi connectivity index (χ3n) is 2.96. The van der Waals surface area contributed by atoms with Crippen molar-refractivity contribution in [3.05, 3.63) is 65.7 Å². The van der Waals surface area contributed by atoms with Crippen LogP contribution in [-0.2, 0) is 0 Å². The Hall–Kier alpha value is -2.33. The zero-order chi connectivity index (χ0) is 13.7. The molecule has 1 unspecified atom stereocenters. The maximum absolute atomic E-state index is 12.1. The Labute approximate surface area is 112 Å². The minimum atomic E-state index is -0.0973. The van der Waals surface area contributed by atoms with E-state index < -0.39 is 0 Å². The minimum absolute atomic E-state index is 0.0268. The lowest BCUT2D eigenvalue weighted by Crippen LogP contribution is -2.26. The molecule has 1 amide bonds. The molecule has 0 heterocycles. The Balaban J connectivity index is 2.04. The number of amides is 1. The maximum atomic E-state index is 12.1. The molecule has 1 atom stereocenters. The third-order valence-corrected chi connectivity index (χ3v) is 2.96. The highest BCUT2D eigenvalue weighted by Crippen LogP contribution is 2.13. The molecule has 0 aromatic heterocycles. The average molecular weight is 255 g/mol. The first-order valence-corrected chi connectivity index (χ1v) is 6.13. The van der Waals surface area contributed by atoms with Gasteiger partial charge in [0, 0.05) is 11.3 Å². The molecule has 2 aromatic carbocycles. The molecule has 0 aliphatic rings. The van der Waals surface area contributed by atoms with E-state index in [9.17, 15) is 4.79 Å². The number of carbonyl (C=O) groups excluding carboxylic acids is 1. The van der Waals surface area contributed by atoms with Gasteiger partial charge in [-0.05, 0) is 36.8 Å². The summed E-state index contributed by atoms with van der Waals surface area (Å²) in [4.78, 5) is 12.1. The Bertz CT molecular complexity index is 537. The number of hydrogen-bond acceptors (Lipinski definition) is 3. The highest BCUT2D eigenvalue weighted by molar-refractivity contribution is 5.94. The second-order valence-electron chi connectivity index (χ2n) is 4.33. The van der Waals surface area contributed by atoms with E-state index >= 15 is 0 Å². The summed E-state index contributed by atoms with van der Waals surface area (Å²) in [6, 6.07) is 16.8. The van der Waals surface area contributed by atoms with E-state index in [-0.39, 0.29) is 11.9 Å². The summed E-state index contributed by atoms with van der Waals surface area (Å²) in [6.45, 7) is 1.96. The summed E-state index contributed by atoms with van der Waals surface area (Å²) in [5.41, 5.74) is 4.99. The zero-order valence-corrected chi connectivity index (χ0v) is 10.8. The van der Waals surface area contributed by atoms with Crippen molar-refractivity contribution in [1.29, 1.82) is 0 Å². The van der Waals surface area contributed by atoms with Crippen LogP contribution in [0.2, 0.25) is 0 Å². The average Bonchev–Trinajstić information content (AvgIpc) is 2.48. The second-order valence-corrected chi connectivity index (χ2v) is 4.33. The number of nitrogens with two attached hydrogens (primary N) is 1. The largest absolute Gasteiger partial charge is 0.346 e. The van der Waals surface area contributed by atoms with Crippen molar-refractivity contribution in [2.75, 3.05) is 5.43 Å². The minimum Gasteiger partial charge on any atom is -0.346 e. The van der Waals surface area contributed by atoms with Gasteiger partial charge in [-0.15, -0.1) is 0 Å². The molecule has 0 saturated carbocycles. The Morgan fingerprint density at radius 3 is 2.26 bits per heavy atom. The molecule has 2 aromatic rings. The van der Waals surface area contributed by atoms with Crippen LogP contribution >= 0.6 is 0 Å². The fourth-order valence-electron chi connectivity index (χ4n) is 1.82. The monoisotopic (exact) mass is 255 g/mol. The van der Waals surface area contributed by atoms with Gasteiger partial charge >= 0.3 is 0 Å². The number of benzene rings is 2. The molecular weight excluding hydrogens is 238 g/mol. The van der Waals surface area contributed by atoms with Gasteiger partial charge in [0.05, 0.1) is 6.04 Å². The van der Waals surface area contributed by atoms with Gasteiger partial charge in [-0.1, -0.05) is 30.3 Å². The summed E-state index contributed by atoms with van der Waals surface area (Å²) in [5, 5.41) is 2.96. The molecule has 0 aliphatic heterocycles. The SMILES string of the molecule is CC(NC(=O)c1ccc(NN)cc1)c1ccccc1. The van der Waals surface area contributed by atoms with Crippen molar-refractivity contribution in [1.82, 2.24) is 5.32 Å². The van der Waals surface area contributed by atoms with Crippen LogP contribution < -0.4 is 16.6 Å². The first-order chi connectivity index (χ1) is 9.20. The second kappa shape index (κ2) is 6.02. The van der Waals surface area contributed by atoms with E-state index in [0.717, 1.165) is 11.3 Å². The van der Waals surface area contributed by atoms with Crippen molar-refractivity contribution in [2.45, 2.75) is 13.0 Å². The Morgan fingerprint density at radius 1 is 1.05 bits per heavy atom. The predicted octanol–water partition coefficient (Wildman–Crippen LogP) is 2.46. The standard InChI is InChI=1S/C15H17N3O/c1-11(12-5-3-2-4-6-12)17-15(19)13-7-9-14(18-16)10-8-13/h2-11,18H,16H2,1H3,(H,17,19). The molecule has 19 heavy (non-hydrogen) atoms. The fourth-order valence-corrected chi connectivity index (χ4v) is 1.82. The van der Waals surface area contributed by atoms with E-state index in [0.29, 0.717) is 5.56 Å². The normalized spacial score (nSPS) is 11.7. The molecule has 4 heteroatoms. The van der Waals surface area contributed by atoms with Gasteiger partial charge in [0.1, 0.15) is 0 Å². The van der Waals surface area contributed by atoms with Crippen LogP contribution in [0.4, 0.5) is 5.69 Å². The summed E-state index contributed by atoms with van der Waals surface area (Å²) in [5.74, 6) is 5.18. The van der Waals surface area contributed by atoms with Gasteiger partial charge in [-0.3, -0.25) is 10.6 Å². The van der Waals surface area contributed by atoms with Crippen LogP contribution in [-0.4, -0.2) is 5.91 Å². The molecule has 2 rings (SSSR count). The zero-order valence-electron chi connectivity index (χ0n) is 10.8. The van der Waals surface area contributed by atoms with E-state index in [1.54, 1.807) is 24.3 Å². The van der Waals surface area contributed by atoms with Gasteiger partial charge < -0.3 is 10.7 Å². The molecule has 4 N–H and O–H groups in total. The summed E-state index contributed by atoms with van der Waals surface area (Å²) in [6.07, 6.45) is 0. The van der Waals surface area contributed by atoms with Crippen LogP contribution in [0.15, 0.2) is 54.6 Å². The van der Waals surface area contributed by atoms with Crippen LogP contribution in [0.1, 0.15) is 28.9 Å². The predicted molar refractivity (Wildman–Crippen MR) is 76.6 cm³/mol. The lowest BCUT2D eigenvalue weighted by Gasteiger charge is -2.14. The highest BCUT2D eigenvalue weighted by atomic mass is 16.1. The lowest BCUT2D eigenvalue weighted by atomic mass is 10.1. The van der Waals surface area contributed by atoms with Crippen molar-refractivity contribution in [2.24, 2.45) is 5.84 Å². The molecule has 0 radical (unpaired) electrons. The lowest BCUT2D eigenvalue weighted by molar-refractivity contribution is 0.0940. The molecule has 4 nitrogen and oxygen atoms in total. The molecular formula is C15H17N3O. The molecule has 0 fully saturated rings. The smallest absolute Gasteiger partial charge is 0.251 e. The van der Waals surface area contributed by atoms with Gasteiger partial charge in [0.15, 0.2) is 0 Å². The molecule has 0 bridgehead atoms. The number of hydrogen-bond donors (Lipinski definition) is 3. The molecule has 0 aliphatic carbocycles. The van der Waals surface area contributed by atoms with Crippen molar-refractivity contribution < 1.29 is 4.79 Å². The summed E-state index contributed by atoms with van der Waals surface area (Å²) < 4.78 is 0. The number of nitrogen functional groups attached to an aromatic ring is 1. The van der Waals surface area contributed by atoms with Gasteiger partial charge in [0.25, 0.3) is 5.91 Å². The first kappa shape index (κ1) is 13.1. The van der Waals surface area contributed by atoms with Crippen molar-refractivity contribution >= 4 is 11.6 Å². The summed E-state index contributed by atoms with van der Waals surface area (Å²) in [7, 11) is 0. The first-order valence-electron chi connectivity index (χ1n) is 6.13. The van der Waals surface area contributed by atoms with Crippen LogP contribution in [0.5, 0.6) is 0 Å². The Kier molecular flexibility index (Phi) is 4.15. The molecule has 98 valence electrons. The van der Waals surface area contributed by atoms with Gasteiger partial charge in [0.2, 0.25) is 0 Å².